The second-order valence-electron chi connectivity index (χ2n) is 6.94. The fourth-order valence-corrected chi connectivity index (χ4v) is 1.82. The normalized spacial score (nSPS) is 12.1. The summed E-state index contributed by atoms with van der Waals surface area (Å²) in [7, 11) is 0. The second-order valence-corrected chi connectivity index (χ2v) is 6.94. The molecule has 3 N–H and O–H groups in total. The Balaban J connectivity index is 2.12. The highest BCUT2D eigenvalue weighted by Crippen LogP contribution is 2.28. The molecule has 0 aliphatic carbocycles. The van der Waals surface area contributed by atoms with Crippen molar-refractivity contribution < 1.29 is 14.3 Å². The van der Waals surface area contributed by atoms with Gasteiger partial charge in [0, 0.05) is 11.4 Å². The zero-order valence-corrected chi connectivity index (χ0v) is 14.8. The van der Waals surface area contributed by atoms with E-state index in [9.17, 15) is 9.50 Å². The predicted molar refractivity (Wildman–Crippen MR) is 95.9 cm³/mol. The predicted octanol–water partition coefficient (Wildman–Crippen LogP) is 4.77. The monoisotopic (exact) mass is 332 g/mol. The minimum atomic E-state index is -1.00. The Bertz CT molecular complexity index is 692. The van der Waals surface area contributed by atoms with Crippen molar-refractivity contribution in [1.29, 1.82) is 0 Å². The van der Waals surface area contributed by atoms with Gasteiger partial charge in [-0.25, -0.2) is 4.39 Å². The molecular weight excluding hydrogens is 307 g/mol. The molecule has 24 heavy (non-hydrogen) atoms. The van der Waals surface area contributed by atoms with Crippen LogP contribution in [0.25, 0.3) is 0 Å². The van der Waals surface area contributed by atoms with Crippen molar-refractivity contribution in [3.63, 3.8) is 0 Å². The molecule has 4 nitrogen and oxygen atoms in total. The lowest BCUT2D eigenvalue weighted by Crippen LogP contribution is -2.48. The van der Waals surface area contributed by atoms with Crippen molar-refractivity contribution in [2.45, 2.75) is 45.8 Å². The highest BCUT2D eigenvalue weighted by atomic mass is 19.1. The molecule has 130 valence electrons. The van der Waals surface area contributed by atoms with Gasteiger partial charge in [-0.15, -0.1) is 0 Å². The van der Waals surface area contributed by atoms with Crippen molar-refractivity contribution in [1.82, 2.24) is 0 Å². The molecule has 0 saturated heterocycles. The van der Waals surface area contributed by atoms with Crippen LogP contribution >= 0.6 is 0 Å². The molecule has 0 bridgehead atoms. The smallest absolute Gasteiger partial charge is 0.123 e. The maximum absolute atomic E-state index is 13.0. The van der Waals surface area contributed by atoms with Crippen LogP contribution in [0.4, 0.5) is 21.5 Å². The first-order valence-electron chi connectivity index (χ1n) is 7.88. The molecule has 2 aromatic rings. The van der Waals surface area contributed by atoms with Gasteiger partial charge >= 0.3 is 0 Å². The SMILES string of the molecule is Cc1ccc(NOC(C)(C)C(C)(C)O)cc1Nc1ccc(F)cc1. The van der Waals surface area contributed by atoms with Crippen LogP contribution in [0.5, 0.6) is 0 Å². The van der Waals surface area contributed by atoms with E-state index in [1.807, 2.05) is 39.0 Å². The van der Waals surface area contributed by atoms with Crippen molar-refractivity contribution in [3.8, 4) is 0 Å². The fourth-order valence-electron chi connectivity index (χ4n) is 1.82. The molecule has 0 unspecified atom stereocenters. The average Bonchev–Trinajstić information content (AvgIpc) is 2.49. The van der Waals surface area contributed by atoms with Crippen LogP contribution in [-0.4, -0.2) is 16.3 Å². The highest BCUT2D eigenvalue weighted by molar-refractivity contribution is 5.67. The maximum atomic E-state index is 13.0. The van der Waals surface area contributed by atoms with Gasteiger partial charge in [-0.05, 0) is 76.6 Å². The van der Waals surface area contributed by atoms with E-state index >= 15 is 0 Å². The average molecular weight is 332 g/mol. The molecule has 0 atom stereocenters. The molecule has 0 amide bonds. The molecule has 0 aliphatic rings. The van der Waals surface area contributed by atoms with Crippen LogP contribution < -0.4 is 10.8 Å². The number of aryl methyl sites for hydroxylation is 1. The quantitative estimate of drug-likeness (QED) is 0.667. The number of halogens is 1. The summed E-state index contributed by atoms with van der Waals surface area (Å²) in [6.45, 7) is 9.01. The molecule has 2 aromatic carbocycles. The van der Waals surface area contributed by atoms with E-state index in [2.05, 4.69) is 10.8 Å². The first-order valence-corrected chi connectivity index (χ1v) is 7.88. The highest BCUT2D eigenvalue weighted by Gasteiger charge is 2.37. The molecule has 0 saturated carbocycles. The lowest BCUT2D eigenvalue weighted by Gasteiger charge is -2.36. The number of anilines is 3. The van der Waals surface area contributed by atoms with E-state index < -0.39 is 11.2 Å². The van der Waals surface area contributed by atoms with Crippen LogP contribution in [0.2, 0.25) is 0 Å². The summed E-state index contributed by atoms with van der Waals surface area (Å²) in [4.78, 5) is 5.66. The van der Waals surface area contributed by atoms with E-state index in [1.54, 1.807) is 26.0 Å². The standard InChI is InChI=1S/C19H25FN2O2/c1-13-6-9-16(22-24-19(4,5)18(2,3)23)12-17(13)21-15-10-7-14(20)8-11-15/h6-12,21-23H,1-5H3. The largest absolute Gasteiger partial charge is 0.387 e. The Morgan fingerprint density at radius 3 is 2.12 bits per heavy atom. The summed E-state index contributed by atoms with van der Waals surface area (Å²) >= 11 is 0. The summed E-state index contributed by atoms with van der Waals surface area (Å²) in [5, 5.41) is 13.4. The molecule has 0 radical (unpaired) electrons. The molecule has 0 aromatic heterocycles. The van der Waals surface area contributed by atoms with Gasteiger partial charge in [0.1, 0.15) is 11.4 Å². The lowest BCUT2D eigenvalue weighted by molar-refractivity contribution is -0.130. The van der Waals surface area contributed by atoms with Gasteiger partial charge < -0.3 is 10.4 Å². The van der Waals surface area contributed by atoms with Crippen LogP contribution in [-0.2, 0) is 4.84 Å². The van der Waals surface area contributed by atoms with E-state index in [1.165, 1.54) is 12.1 Å². The number of aliphatic hydroxyl groups is 1. The van der Waals surface area contributed by atoms with Crippen LogP contribution in [0.15, 0.2) is 42.5 Å². The van der Waals surface area contributed by atoms with E-state index in [0.717, 1.165) is 22.6 Å². The van der Waals surface area contributed by atoms with Crippen LogP contribution in [0.1, 0.15) is 33.3 Å². The van der Waals surface area contributed by atoms with Gasteiger partial charge in [-0.3, -0.25) is 10.3 Å². The van der Waals surface area contributed by atoms with E-state index in [4.69, 9.17) is 4.84 Å². The maximum Gasteiger partial charge on any atom is 0.123 e. The van der Waals surface area contributed by atoms with Gasteiger partial charge in [0.2, 0.25) is 0 Å². The number of benzene rings is 2. The summed E-state index contributed by atoms with van der Waals surface area (Å²) in [5.41, 5.74) is 4.60. The molecule has 2 rings (SSSR count). The van der Waals surface area contributed by atoms with Crippen LogP contribution in [0.3, 0.4) is 0 Å². The summed E-state index contributed by atoms with van der Waals surface area (Å²) < 4.78 is 13.0. The minimum absolute atomic E-state index is 0.269. The third-order valence-electron chi connectivity index (χ3n) is 4.26. The van der Waals surface area contributed by atoms with Crippen LogP contribution in [0, 0.1) is 12.7 Å². The first-order chi connectivity index (χ1) is 11.1. The molecule has 0 heterocycles. The number of nitrogens with one attached hydrogen (secondary N) is 2. The minimum Gasteiger partial charge on any atom is -0.387 e. The Morgan fingerprint density at radius 2 is 1.54 bits per heavy atom. The summed E-state index contributed by atoms with van der Waals surface area (Å²) in [6.07, 6.45) is 0. The second kappa shape index (κ2) is 6.79. The topological polar surface area (TPSA) is 53.5 Å². The number of rotatable bonds is 6. The summed E-state index contributed by atoms with van der Waals surface area (Å²) in [6, 6.07) is 11.9. The molecule has 0 fully saturated rings. The van der Waals surface area contributed by atoms with Crippen molar-refractivity contribution in [3.05, 3.63) is 53.8 Å². The van der Waals surface area contributed by atoms with Crippen molar-refractivity contribution in [2.24, 2.45) is 0 Å². The van der Waals surface area contributed by atoms with E-state index in [0.29, 0.717) is 0 Å². The van der Waals surface area contributed by atoms with Crippen molar-refractivity contribution in [2.75, 3.05) is 10.8 Å². The lowest BCUT2D eigenvalue weighted by atomic mass is 9.90. The number of hydrogen-bond donors (Lipinski definition) is 3. The van der Waals surface area contributed by atoms with Gasteiger partial charge in [0.05, 0.1) is 11.3 Å². The molecule has 5 heteroatoms. The molecule has 0 aliphatic heterocycles. The number of hydrogen-bond acceptors (Lipinski definition) is 4. The zero-order valence-electron chi connectivity index (χ0n) is 14.8. The third kappa shape index (κ3) is 4.46. The fraction of sp³-hybridized carbons (Fsp3) is 0.368. The Labute approximate surface area is 142 Å². The Hall–Kier alpha value is -2.11. The van der Waals surface area contributed by atoms with Gasteiger partial charge in [0.15, 0.2) is 0 Å². The third-order valence-corrected chi connectivity index (χ3v) is 4.26. The first kappa shape index (κ1) is 18.2. The molecule has 0 spiro atoms. The molecular formula is C19H25FN2O2. The zero-order chi connectivity index (χ0) is 18.0. The summed E-state index contributed by atoms with van der Waals surface area (Å²) in [5.74, 6) is -0.269. The van der Waals surface area contributed by atoms with E-state index in [-0.39, 0.29) is 5.82 Å². The van der Waals surface area contributed by atoms with Gasteiger partial charge in [0.25, 0.3) is 0 Å². The Morgan fingerprint density at radius 1 is 0.958 bits per heavy atom. The van der Waals surface area contributed by atoms with Gasteiger partial charge in [-0.2, -0.15) is 0 Å². The Kier molecular flexibility index (Phi) is 5.16. The van der Waals surface area contributed by atoms with Gasteiger partial charge in [-0.1, -0.05) is 6.07 Å². The van der Waals surface area contributed by atoms with Crippen molar-refractivity contribution >= 4 is 17.1 Å².